The Morgan fingerprint density at radius 2 is 1.80 bits per heavy atom. The Bertz CT molecular complexity index is 1470. The van der Waals surface area contributed by atoms with E-state index in [0.29, 0.717) is 54.7 Å². The molecule has 2 N–H and O–H groups in total. The van der Waals surface area contributed by atoms with Gasteiger partial charge in [-0.25, -0.2) is 15.0 Å². The number of carbonyl (C=O) groups excluding carboxylic acids is 1. The summed E-state index contributed by atoms with van der Waals surface area (Å²) in [5, 5.41) is 12.3. The molecule has 2 aromatic rings. The molecule has 11 nitrogen and oxygen atoms in total. The van der Waals surface area contributed by atoms with E-state index >= 15 is 0 Å². The lowest BCUT2D eigenvalue weighted by atomic mass is 9.97. The first-order valence-electron chi connectivity index (χ1n) is 14.6. The molecule has 0 aromatic carbocycles. The summed E-state index contributed by atoms with van der Waals surface area (Å²) in [6.45, 7) is 3.15. The zero-order chi connectivity index (χ0) is 32.1. The number of nitrogens with zero attached hydrogens (tertiary/aromatic N) is 5. The first-order valence-corrected chi connectivity index (χ1v) is 15.5. The van der Waals surface area contributed by atoms with Gasteiger partial charge in [0.15, 0.2) is 5.13 Å². The summed E-state index contributed by atoms with van der Waals surface area (Å²) in [4.78, 5) is 42.7. The summed E-state index contributed by atoms with van der Waals surface area (Å²) >= 11 is 1.27. The van der Waals surface area contributed by atoms with E-state index in [1.807, 2.05) is 4.90 Å². The number of likely N-dealkylation sites (tertiary alicyclic amines) is 1. The summed E-state index contributed by atoms with van der Waals surface area (Å²) in [5.74, 6) is -1.42. The summed E-state index contributed by atoms with van der Waals surface area (Å²) in [7, 11) is 2.90. The van der Waals surface area contributed by atoms with Crippen molar-refractivity contribution in [3.63, 3.8) is 0 Å². The number of alkyl halides is 3. The van der Waals surface area contributed by atoms with Crippen LogP contribution in [-0.2, 0) is 20.8 Å². The van der Waals surface area contributed by atoms with Gasteiger partial charge in [0.05, 0.1) is 42.8 Å². The highest BCUT2D eigenvalue weighted by Gasteiger charge is 2.37. The topological polar surface area (TPSA) is 130 Å². The van der Waals surface area contributed by atoms with E-state index in [1.165, 1.54) is 36.9 Å². The molecule has 2 aliphatic heterocycles. The first-order chi connectivity index (χ1) is 21.5. The van der Waals surface area contributed by atoms with Crippen LogP contribution in [0.1, 0.15) is 53.2 Å². The molecule has 242 valence electrons. The van der Waals surface area contributed by atoms with E-state index in [2.05, 4.69) is 25.2 Å². The second kappa shape index (κ2) is 14.1. The van der Waals surface area contributed by atoms with Crippen LogP contribution in [0.4, 0.5) is 24.1 Å². The fraction of sp³-hybridized carbons (Fsp3) is 0.500. The minimum Gasteiger partial charge on any atom is -0.496 e. The molecule has 4 heterocycles. The summed E-state index contributed by atoms with van der Waals surface area (Å²) in [6, 6.07) is 0. The minimum absolute atomic E-state index is 0.0231. The van der Waals surface area contributed by atoms with Crippen LogP contribution in [-0.4, -0.2) is 89.5 Å². The number of hydrogen-bond donors (Lipinski definition) is 2. The van der Waals surface area contributed by atoms with Crippen LogP contribution < -0.4 is 10.2 Å². The first kappa shape index (κ1) is 32.6. The van der Waals surface area contributed by atoms with Gasteiger partial charge in [0.1, 0.15) is 17.3 Å². The number of nitrogens with one attached hydrogen (secondary N) is 1. The molecule has 0 spiro atoms. The quantitative estimate of drug-likeness (QED) is 0.387. The van der Waals surface area contributed by atoms with Gasteiger partial charge in [0.2, 0.25) is 0 Å². The third kappa shape index (κ3) is 7.89. The van der Waals surface area contributed by atoms with E-state index in [1.54, 1.807) is 13.2 Å². The summed E-state index contributed by atoms with van der Waals surface area (Å²) in [5.41, 5.74) is 0.301. The van der Waals surface area contributed by atoms with E-state index in [-0.39, 0.29) is 29.9 Å². The maximum Gasteiger partial charge on any atom is 0.419 e. The number of carboxylic acids is 1. The van der Waals surface area contributed by atoms with Gasteiger partial charge < -0.3 is 19.5 Å². The number of ether oxygens (including phenoxy) is 2. The number of aromatic nitrogens is 3. The molecule has 0 bridgehead atoms. The average Bonchev–Trinajstić information content (AvgIpc) is 3.28. The molecule has 0 atom stereocenters. The maximum atomic E-state index is 13.7. The van der Waals surface area contributed by atoms with Crippen molar-refractivity contribution in [1.29, 1.82) is 0 Å². The van der Waals surface area contributed by atoms with E-state index in [0.717, 1.165) is 36.9 Å². The molecule has 3 aliphatic rings. The van der Waals surface area contributed by atoms with E-state index < -0.39 is 23.6 Å². The number of piperidine rings is 2. The van der Waals surface area contributed by atoms with Crippen molar-refractivity contribution in [2.45, 2.75) is 50.9 Å². The van der Waals surface area contributed by atoms with Gasteiger partial charge in [-0.1, -0.05) is 23.5 Å². The Morgan fingerprint density at radius 1 is 1.07 bits per heavy atom. The van der Waals surface area contributed by atoms with Crippen LogP contribution in [0.2, 0.25) is 0 Å². The third-order valence-electron chi connectivity index (χ3n) is 8.25. The van der Waals surface area contributed by atoms with Crippen molar-refractivity contribution in [2.75, 3.05) is 50.6 Å². The fourth-order valence-electron chi connectivity index (χ4n) is 5.64. The van der Waals surface area contributed by atoms with Crippen LogP contribution in [0.15, 0.2) is 42.0 Å². The van der Waals surface area contributed by atoms with Crippen molar-refractivity contribution >= 4 is 39.7 Å². The van der Waals surface area contributed by atoms with Crippen molar-refractivity contribution in [3.05, 3.63) is 58.2 Å². The number of hydrogen-bond acceptors (Lipinski definition) is 10. The highest BCUT2D eigenvalue weighted by atomic mass is 32.1. The molecule has 2 fully saturated rings. The van der Waals surface area contributed by atoms with Crippen LogP contribution in [0.5, 0.6) is 0 Å². The smallest absolute Gasteiger partial charge is 0.419 e. The third-order valence-corrected chi connectivity index (χ3v) is 9.20. The Labute approximate surface area is 262 Å². The van der Waals surface area contributed by atoms with Gasteiger partial charge in [-0.15, -0.1) is 0 Å². The predicted octanol–water partition coefficient (Wildman–Crippen LogP) is 4.90. The normalized spacial score (nSPS) is 19.0. The molecule has 2 saturated heterocycles. The number of carboxylic acid groups (broad SMARTS) is 1. The van der Waals surface area contributed by atoms with Crippen molar-refractivity contribution in [2.24, 2.45) is 5.92 Å². The molecule has 2 aromatic heterocycles. The number of rotatable bonds is 9. The van der Waals surface area contributed by atoms with Crippen molar-refractivity contribution in [3.8, 4) is 0 Å². The van der Waals surface area contributed by atoms with Gasteiger partial charge >= 0.3 is 12.1 Å². The Hall–Kier alpha value is -3.82. The molecule has 5 rings (SSSR count). The number of thiazole rings is 1. The number of halogens is 3. The largest absolute Gasteiger partial charge is 0.496 e. The minimum atomic E-state index is -4.58. The molecule has 1 amide bonds. The van der Waals surface area contributed by atoms with Crippen LogP contribution in [0.3, 0.4) is 0 Å². The van der Waals surface area contributed by atoms with Gasteiger partial charge in [0, 0.05) is 44.7 Å². The predicted molar refractivity (Wildman–Crippen MR) is 162 cm³/mol. The van der Waals surface area contributed by atoms with Crippen LogP contribution in [0.25, 0.3) is 5.57 Å². The lowest BCUT2D eigenvalue weighted by Gasteiger charge is -2.30. The summed E-state index contributed by atoms with van der Waals surface area (Å²) in [6.07, 6.45) is 5.15. The highest BCUT2D eigenvalue weighted by molar-refractivity contribution is 7.16. The van der Waals surface area contributed by atoms with Crippen molar-refractivity contribution in [1.82, 2.24) is 19.9 Å². The Balaban J connectivity index is 1.34. The molecule has 15 heteroatoms. The molecule has 45 heavy (non-hydrogen) atoms. The summed E-state index contributed by atoms with van der Waals surface area (Å²) < 4.78 is 51.6. The monoisotopic (exact) mass is 648 g/mol. The van der Waals surface area contributed by atoms with Gasteiger partial charge in [-0.05, 0) is 43.8 Å². The van der Waals surface area contributed by atoms with Gasteiger partial charge in [-0.3, -0.25) is 19.8 Å². The standard InChI is InChI=1S/C30H35F3N6O5S/c1-43-20-9-11-38(12-10-20)17-24-26(18-3-5-21(30(31,32)33)23(44-2)6-4-18)36-29(45-24)37-27(40)22-15-35-25(16-34-22)39-13-7-19(8-14-39)28(41)42/h4-6,15-16,19-20H,3,7-14,17H2,1-2H3,(H,41,42)(H,36,37,40). The molecule has 0 unspecified atom stereocenters. The SMILES string of the molecule is COC1=CC=C(c2nc(NC(=O)c3cnc(N4CCC(C(=O)O)CC4)cn3)sc2CN2CCC(OC)CC2)CC=C1C(F)(F)F. The molecule has 1 aliphatic carbocycles. The fourth-order valence-corrected chi connectivity index (χ4v) is 6.68. The number of methoxy groups -OCH3 is 2. The van der Waals surface area contributed by atoms with Crippen LogP contribution in [0, 0.1) is 5.92 Å². The lowest BCUT2D eigenvalue weighted by Crippen LogP contribution is -2.36. The van der Waals surface area contributed by atoms with Crippen LogP contribution >= 0.6 is 11.3 Å². The molecule has 0 radical (unpaired) electrons. The number of allylic oxidation sites excluding steroid dienone is 5. The van der Waals surface area contributed by atoms with Gasteiger partial charge in [-0.2, -0.15) is 13.2 Å². The highest BCUT2D eigenvalue weighted by Crippen LogP contribution is 2.38. The number of amides is 1. The zero-order valence-corrected chi connectivity index (χ0v) is 25.8. The molecule has 0 saturated carbocycles. The van der Waals surface area contributed by atoms with Crippen molar-refractivity contribution < 1.29 is 37.3 Å². The Morgan fingerprint density at radius 3 is 2.40 bits per heavy atom. The number of anilines is 2. The average molecular weight is 649 g/mol. The molecular weight excluding hydrogens is 613 g/mol. The van der Waals surface area contributed by atoms with E-state index in [4.69, 9.17) is 9.47 Å². The van der Waals surface area contributed by atoms with Gasteiger partial charge in [0.25, 0.3) is 5.91 Å². The number of aliphatic carboxylic acids is 1. The second-order valence-electron chi connectivity index (χ2n) is 11.1. The Kier molecular flexibility index (Phi) is 10.2. The molecular formula is C30H35F3N6O5S. The lowest BCUT2D eigenvalue weighted by molar-refractivity contribution is -0.142. The number of carbonyl (C=O) groups is 2. The maximum absolute atomic E-state index is 13.7. The zero-order valence-electron chi connectivity index (χ0n) is 25.0. The second-order valence-corrected chi connectivity index (χ2v) is 12.1. The van der Waals surface area contributed by atoms with E-state index in [9.17, 15) is 27.9 Å².